The SMILES string of the molecule is COCC(=O)N1CC[C@H](NC(=O)C(=O)Nc2ccc(Cl)s2)[C@H](NC(=O)O)C1. The fourth-order valence-corrected chi connectivity index (χ4v) is 3.59. The molecule has 12 heteroatoms. The van der Waals surface area contributed by atoms with E-state index in [2.05, 4.69) is 16.0 Å². The maximum atomic E-state index is 12.1. The van der Waals surface area contributed by atoms with Crippen LogP contribution < -0.4 is 16.0 Å². The highest BCUT2D eigenvalue weighted by Gasteiger charge is 2.34. The Morgan fingerprint density at radius 3 is 2.59 bits per heavy atom. The summed E-state index contributed by atoms with van der Waals surface area (Å²) in [4.78, 5) is 48.6. The lowest BCUT2D eigenvalue weighted by Crippen LogP contribution is -2.62. The monoisotopic (exact) mass is 418 g/mol. The Hall–Kier alpha value is -2.37. The van der Waals surface area contributed by atoms with Crippen LogP contribution in [0.2, 0.25) is 4.34 Å². The van der Waals surface area contributed by atoms with Crippen molar-refractivity contribution < 1.29 is 29.0 Å². The molecule has 0 saturated carbocycles. The van der Waals surface area contributed by atoms with Crippen molar-refractivity contribution in [3.05, 3.63) is 16.5 Å². The molecule has 10 nitrogen and oxygen atoms in total. The largest absolute Gasteiger partial charge is 0.465 e. The van der Waals surface area contributed by atoms with E-state index in [0.29, 0.717) is 15.9 Å². The van der Waals surface area contributed by atoms with Gasteiger partial charge in [0.25, 0.3) is 0 Å². The molecule has 2 atom stereocenters. The summed E-state index contributed by atoms with van der Waals surface area (Å²) in [6.07, 6.45) is -1.01. The van der Waals surface area contributed by atoms with Crippen molar-refractivity contribution in [3.63, 3.8) is 0 Å². The molecule has 4 N–H and O–H groups in total. The first kappa shape index (κ1) is 20.9. The minimum absolute atomic E-state index is 0.0571. The summed E-state index contributed by atoms with van der Waals surface area (Å²) in [6.45, 7) is 0.233. The number of nitrogens with zero attached hydrogens (tertiary/aromatic N) is 1. The Labute approximate surface area is 163 Å². The predicted molar refractivity (Wildman–Crippen MR) is 97.9 cm³/mol. The first-order valence-corrected chi connectivity index (χ1v) is 9.13. The third-order valence-corrected chi connectivity index (χ3v) is 5.02. The van der Waals surface area contributed by atoms with Gasteiger partial charge >= 0.3 is 17.9 Å². The molecule has 1 fully saturated rings. The quantitative estimate of drug-likeness (QED) is 0.509. The van der Waals surface area contributed by atoms with Crippen molar-refractivity contribution in [1.82, 2.24) is 15.5 Å². The molecule has 0 unspecified atom stereocenters. The molecule has 0 aromatic carbocycles. The summed E-state index contributed by atoms with van der Waals surface area (Å²) >= 11 is 6.87. The molecule has 1 aliphatic rings. The number of carbonyl (C=O) groups excluding carboxylic acids is 3. The summed E-state index contributed by atoms with van der Waals surface area (Å²) in [7, 11) is 1.39. The number of thiophene rings is 1. The van der Waals surface area contributed by atoms with Crippen molar-refractivity contribution in [3.8, 4) is 0 Å². The summed E-state index contributed by atoms with van der Waals surface area (Å²) in [5, 5.41) is 16.6. The van der Waals surface area contributed by atoms with Gasteiger partial charge in [-0.1, -0.05) is 11.6 Å². The fourth-order valence-electron chi connectivity index (χ4n) is 2.66. The van der Waals surface area contributed by atoms with Gasteiger partial charge in [-0.05, 0) is 18.6 Å². The molecule has 0 aliphatic carbocycles. The number of carbonyl (C=O) groups is 4. The zero-order valence-corrected chi connectivity index (χ0v) is 15.9. The lowest BCUT2D eigenvalue weighted by atomic mass is 9.99. The molecule has 0 radical (unpaired) electrons. The first-order chi connectivity index (χ1) is 12.8. The van der Waals surface area contributed by atoms with E-state index in [4.69, 9.17) is 21.4 Å². The van der Waals surface area contributed by atoms with Gasteiger partial charge in [0, 0.05) is 20.2 Å². The smallest absolute Gasteiger partial charge is 0.405 e. The van der Waals surface area contributed by atoms with Crippen LogP contribution in [0, 0.1) is 0 Å². The molecule has 0 spiro atoms. The third-order valence-electron chi connectivity index (χ3n) is 3.87. The van der Waals surface area contributed by atoms with Crippen molar-refractivity contribution in [1.29, 1.82) is 0 Å². The zero-order valence-electron chi connectivity index (χ0n) is 14.4. The Bertz CT molecular complexity index is 727. The highest BCUT2D eigenvalue weighted by atomic mass is 35.5. The number of methoxy groups -OCH3 is 1. The van der Waals surface area contributed by atoms with Gasteiger partial charge in [0.15, 0.2) is 0 Å². The normalized spacial score (nSPS) is 19.3. The van der Waals surface area contributed by atoms with E-state index < -0.39 is 30.0 Å². The van der Waals surface area contributed by atoms with Gasteiger partial charge in [-0.2, -0.15) is 0 Å². The molecule has 1 aromatic rings. The van der Waals surface area contributed by atoms with Gasteiger partial charge in [-0.25, -0.2) is 4.79 Å². The molecule has 27 heavy (non-hydrogen) atoms. The van der Waals surface area contributed by atoms with Crippen LogP contribution >= 0.6 is 22.9 Å². The second-order valence-electron chi connectivity index (χ2n) is 5.76. The number of piperidine rings is 1. The van der Waals surface area contributed by atoms with Crippen LogP contribution in [0.3, 0.4) is 0 Å². The molecule has 148 valence electrons. The Morgan fingerprint density at radius 2 is 2.00 bits per heavy atom. The topological polar surface area (TPSA) is 137 Å². The van der Waals surface area contributed by atoms with Crippen molar-refractivity contribution >= 4 is 51.8 Å². The Morgan fingerprint density at radius 1 is 1.26 bits per heavy atom. The highest BCUT2D eigenvalue weighted by molar-refractivity contribution is 7.20. The molecule has 1 aliphatic heterocycles. The number of hydrogen-bond acceptors (Lipinski definition) is 6. The van der Waals surface area contributed by atoms with Crippen LogP contribution in [0.5, 0.6) is 0 Å². The molecule has 2 heterocycles. The van der Waals surface area contributed by atoms with E-state index in [0.717, 1.165) is 11.3 Å². The van der Waals surface area contributed by atoms with Gasteiger partial charge in [0.1, 0.15) is 6.61 Å². The Balaban J connectivity index is 1.97. The van der Waals surface area contributed by atoms with E-state index in [1.807, 2.05) is 0 Å². The van der Waals surface area contributed by atoms with Crippen molar-refractivity contribution in [2.45, 2.75) is 18.5 Å². The number of anilines is 1. The van der Waals surface area contributed by atoms with E-state index in [1.54, 1.807) is 12.1 Å². The number of nitrogens with one attached hydrogen (secondary N) is 3. The minimum atomic E-state index is -1.29. The average molecular weight is 419 g/mol. The maximum Gasteiger partial charge on any atom is 0.405 e. The van der Waals surface area contributed by atoms with Crippen molar-refractivity contribution in [2.24, 2.45) is 0 Å². The van der Waals surface area contributed by atoms with Crippen LogP contribution in [0.1, 0.15) is 6.42 Å². The van der Waals surface area contributed by atoms with Gasteiger partial charge in [-0.3, -0.25) is 14.4 Å². The predicted octanol–water partition coefficient (Wildman–Crippen LogP) is 0.340. The second-order valence-corrected chi connectivity index (χ2v) is 7.47. The number of amides is 4. The maximum absolute atomic E-state index is 12.1. The molecule has 1 saturated heterocycles. The standard InChI is InChI=1S/C15H19ClN4O6S/c1-26-7-12(21)20-5-4-8(9(6-20)18-15(24)25)17-13(22)14(23)19-11-3-2-10(16)27-11/h2-3,8-9,18H,4-7H2,1H3,(H,17,22)(H,19,23)(H,24,25)/t8-,9+/m0/s1. The number of ether oxygens (including phenoxy) is 1. The minimum Gasteiger partial charge on any atom is -0.465 e. The lowest BCUT2D eigenvalue weighted by Gasteiger charge is -2.38. The van der Waals surface area contributed by atoms with Crippen LogP contribution in [0.15, 0.2) is 12.1 Å². The number of rotatable bonds is 5. The van der Waals surface area contributed by atoms with Gasteiger partial charge in [-0.15, -0.1) is 11.3 Å². The average Bonchev–Trinajstić information content (AvgIpc) is 3.00. The summed E-state index contributed by atoms with van der Waals surface area (Å²) < 4.78 is 5.26. The fraction of sp³-hybridized carbons (Fsp3) is 0.467. The highest BCUT2D eigenvalue weighted by Crippen LogP contribution is 2.25. The zero-order chi connectivity index (χ0) is 20.0. The molecule has 2 rings (SSSR count). The van der Waals surface area contributed by atoms with Crippen LogP contribution in [-0.2, 0) is 19.1 Å². The Kier molecular flexibility index (Phi) is 7.39. The van der Waals surface area contributed by atoms with E-state index >= 15 is 0 Å². The molecular formula is C15H19ClN4O6S. The molecule has 4 amide bonds. The van der Waals surface area contributed by atoms with E-state index in [9.17, 15) is 19.2 Å². The van der Waals surface area contributed by atoms with Gasteiger partial charge < -0.3 is 30.7 Å². The van der Waals surface area contributed by atoms with E-state index in [1.165, 1.54) is 12.0 Å². The number of likely N-dealkylation sites (tertiary alicyclic amines) is 1. The number of carboxylic acid groups (broad SMARTS) is 1. The molecular weight excluding hydrogens is 400 g/mol. The van der Waals surface area contributed by atoms with Gasteiger partial charge in [0.2, 0.25) is 5.91 Å². The van der Waals surface area contributed by atoms with Crippen LogP contribution in [-0.4, -0.2) is 72.7 Å². The summed E-state index contributed by atoms with van der Waals surface area (Å²) in [5.74, 6) is -2.08. The molecule has 0 bridgehead atoms. The first-order valence-electron chi connectivity index (χ1n) is 7.93. The third kappa shape index (κ3) is 6.08. The summed E-state index contributed by atoms with van der Waals surface area (Å²) in [6, 6.07) is 1.74. The number of halogens is 1. The molecule has 1 aromatic heterocycles. The van der Waals surface area contributed by atoms with Crippen LogP contribution in [0.4, 0.5) is 9.80 Å². The van der Waals surface area contributed by atoms with Crippen molar-refractivity contribution in [2.75, 3.05) is 32.1 Å². The number of hydrogen-bond donors (Lipinski definition) is 4. The summed E-state index contributed by atoms with van der Waals surface area (Å²) in [5.41, 5.74) is 0. The van der Waals surface area contributed by atoms with Crippen LogP contribution in [0.25, 0.3) is 0 Å². The lowest BCUT2D eigenvalue weighted by molar-refractivity contribution is -0.138. The van der Waals surface area contributed by atoms with Gasteiger partial charge in [0.05, 0.1) is 21.4 Å². The van der Waals surface area contributed by atoms with E-state index in [-0.39, 0.29) is 25.5 Å². The second kappa shape index (κ2) is 9.53.